The Balaban J connectivity index is 1.50. The van der Waals surface area contributed by atoms with E-state index in [4.69, 9.17) is 14.2 Å². The average molecular weight is 542 g/mol. The maximum Gasteiger partial charge on any atom is 0.415 e. The molecule has 0 radical (unpaired) electrons. The number of carbonyl (C=O) groups is 3. The quantitative estimate of drug-likeness (QED) is 0.331. The molecule has 2 aliphatic rings. The van der Waals surface area contributed by atoms with Gasteiger partial charge in [-0.1, -0.05) is 6.07 Å². The second kappa shape index (κ2) is 10.7. The molecule has 5 rings (SSSR count). The van der Waals surface area contributed by atoms with E-state index in [1.165, 1.54) is 29.3 Å². The zero-order chi connectivity index (χ0) is 28.4. The van der Waals surface area contributed by atoms with Crippen molar-refractivity contribution in [3.8, 4) is 17.1 Å². The first-order valence-electron chi connectivity index (χ1n) is 12.5. The van der Waals surface area contributed by atoms with Gasteiger partial charge in [-0.3, -0.25) is 14.6 Å². The highest BCUT2D eigenvalue weighted by Gasteiger charge is 2.29. The van der Waals surface area contributed by atoms with Gasteiger partial charge in [0.1, 0.15) is 36.8 Å². The highest BCUT2D eigenvalue weighted by Crippen LogP contribution is 2.37. The Hall–Kier alpha value is -4.82. The van der Waals surface area contributed by atoms with E-state index in [1.54, 1.807) is 24.3 Å². The second-order valence-corrected chi connectivity index (χ2v) is 9.98. The van der Waals surface area contributed by atoms with E-state index in [2.05, 4.69) is 30.8 Å². The topological polar surface area (TPSA) is 161 Å². The molecule has 2 N–H and O–H groups in total. The van der Waals surface area contributed by atoms with Gasteiger partial charge in [0.2, 0.25) is 0 Å². The lowest BCUT2D eigenvalue weighted by Gasteiger charge is -2.22. The molecule has 202 valence electrons. The second-order valence-electron chi connectivity index (χ2n) is 9.98. The molecule has 1 aromatic carbocycles. The van der Waals surface area contributed by atoms with E-state index in [9.17, 15) is 14.4 Å². The predicted molar refractivity (Wildman–Crippen MR) is 153 cm³/mol. The molecule has 2 saturated heterocycles. The summed E-state index contributed by atoms with van der Waals surface area (Å²) >= 11 is 0. The number of para-hydroxylation sites is 1. The molecule has 17 heteroatoms. The van der Waals surface area contributed by atoms with Gasteiger partial charge in [-0.25, -0.2) is 19.6 Å². The summed E-state index contributed by atoms with van der Waals surface area (Å²) in [7, 11) is 7.06. The molecule has 2 aliphatic heterocycles. The third-order valence-corrected chi connectivity index (χ3v) is 5.96. The standard InChI is InChI=1S/C23H25B3N8O6/c1-38-18-13(19-27-10-12(11-28-19)33-5-7-39-21(33)36)3-2-4-14(18)29-15-9-16(34-6-8-40-22(34)37)31-32-17(15)20(35)30-23(24,25)26/h2-4,9-11H,5-8,24-26H2,1H3,(H,29,31)(H,30,35). The smallest absolute Gasteiger partial charge is 0.415 e. The number of cyclic esters (lactones) is 2. The van der Waals surface area contributed by atoms with Crippen molar-refractivity contribution in [1.29, 1.82) is 0 Å². The number of anilines is 4. The van der Waals surface area contributed by atoms with E-state index in [-0.39, 0.29) is 18.1 Å². The van der Waals surface area contributed by atoms with Crippen LogP contribution < -0.4 is 25.2 Å². The molecule has 14 nitrogen and oxygen atoms in total. The third kappa shape index (κ3) is 5.48. The molecule has 4 heterocycles. The Kier molecular flexibility index (Phi) is 7.19. The number of hydrogen-bond donors (Lipinski definition) is 2. The van der Waals surface area contributed by atoms with Crippen molar-refractivity contribution in [2.24, 2.45) is 0 Å². The summed E-state index contributed by atoms with van der Waals surface area (Å²) < 4.78 is 15.7. The fourth-order valence-electron chi connectivity index (χ4n) is 4.18. The maximum absolute atomic E-state index is 13.1. The number of benzene rings is 1. The van der Waals surface area contributed by atoms with Crippen LogP contribution in [0.25, 0.3) is 11.4 Å². The monoisotopic (exact) mass is 542 g/mol. The van der Waals surface area contributed by atoms with Crippen molar-refractivity contribution < 1.29 is 28.6 Å². The van der Waals surface area contributed by atoms with Gasteiger partial charge in [-0.2, -0.15) is 0 Å². The molecule has 0 unspecified atom stereocenters. The summed E-state index contributed by atoms with van der Waals surface area (Å²) in [6.07, 6.45) is 2.09. The lowest BCUT2D eigenvalue weighted by molar-refractivity contribution is 0.0947. The fourth-order valence-corrected chi connectivity index (χ4v) is 4.18. The number of nitrogens with one attached hydrogen (secondary N) is 2. The third-order valence-electron chi connectivity index (χ3n) is 5.96. The Morgan fingerprint density at radius 3 is 2.27 bits per heavy atom. The Labute approximate surface area is 232 Å². The number of rotatable bonds is 8. The van der Waals surface area contributed by atoms with Crippen LogP contribution in [0.4, 0.5) is 32.5 Å². The van der Waals surface area contributed by atoms with Crippen LogP contribution in [0, 0.1) is 0 Å². The minimum absolute atomic E-state index is 0.0248. The van der Waals surface area contributed by atoms with Crippen molar-refractivity contribution in [2.75, 3.05) is 48.5 Å². The van der Waals surface area contributed by atoms with Crippen LogP contribution in [0.2, 0.25) is 0 Å². The largest absolute Gasteiger partial charge is 0.494 e. The van der Waals surface area contributed by atoms with Crippen LogP contribution in [0.1, 0.15) is 10.5 Å². The first-order chi connectivity index (χ1) is 19.1. The summed E-state index contributed by atoms with van der Waals surface area (Å²) in [4.78, 5) is 48.8. The van der Waals surface area contributed by atoms with Gasteiger partial charge >= 0.3 is 12.2 Å². The summed E-state index contributed by atoms with van der Waals surface area (Å²) in [6.45, 7) is 1.26. The number of hydrogen-bond acceptors (Lipinski definition) is 11. The molecular weight excluding hydrogens is 517 g/mol. The summed E-state index contributed by atoms with van der Waals surface area (Å²) in [5.41, 5.74) is 1.89. The van der Waals surface area contributed by atoms with Crippen LogP contribution in [0.3, 0.4) is 0 Å². The molecule has 3 aromatic rings. The van der Waals surface area contributed by atoms with Gasteiger partial charge in [0.05, 0.1) is 55.2 Å². The molecule has 3 amide bonds. The van der Waals surface area contributed by atoms with Crippen molar-refractivity contribution in [3.63, 3.8) is 0 Å². The highest BCUT2D eigenvalue weighted by molar-refractivity contribution is 6.60. The van der Waals surface area contributed by atoms with Crippen LogP contribution >= 0.6 is 0 Å². The molecule has 0 saturated carbocycles. The zero-order valence-corrected chi connectivity index (χ0v) is 22.4. The minimum Gasteiger partial charge on any atom is -0.494 e. The van der Waals surface area contributed by atoms with Crippen molar-refractivity contribution in [2.45, 2.75) is 5.24 Å². The lowest BCUT2D eigenvalue weighted by atomic mass is 9.49. The van der Waals surface area contributed by atoms with E-state index >= 15 is 0 Å². The van der Waals surface area contributed by atoms with Gasteiger partial charge in [0.15, 0.2) is 23.1 Å². The number of methoxy groups -OCH3 is 1. The molecule has 2 aromatic heterocycles. The van der Waals surface area contributed by atoms with Crippen LogP contribution in [0.5, 0.6) is 5.75 Å². The fraction of sp³-hybridized carbons (Fsp3) is 0.261. The number of amides is 3. The Bertz CT molecular complexity index is 1470. The van der Waals surface area contributed by atoms with E-state index in [0.29, 0.717) is 53.9 Å². The normalized spacial score (nSPS) is 15.0. The average Bonchev–Trinajstić information content (AvgIpc) is 3.55. The number of carbonyl (C=O) groups excluding carboxylic acids is 3. The molecule has 0 bridgehead atoms. The molecule has 0 atom stereocenters. The van der Waals surface area contributed by atoms with E-state index in [1.807, 2.05) is 23.5 Å². The van der Waals surface area contributed by atoms with E-state index in [0.717, 1.165) is 0 Å². The van der Waals surface area contributed by atoms with Gasteiger partial charge in [0, 0.05) is 6.07 Å². The lowest BCUT2D eigenvalue weighted by Crippen LogP contribution is -2.50. The zero-order valence-electron chi connectivity index (χ0n) is 22.4. The highest BCUT2D eigenvalue weighted by atomic mass is 16.6. The molecule has 0 aliphatic carbocycles. The molecular formula is C23H25B3N8O6. The van der Waals surface area contributed by atoms with Crippen LogP contribution in [-0.4, -0.2) is 100 Å². The van der Waals surface area contributed by atoms with Crippen LogP contribution in [0.15, 0.2) is 36.7 Å². The Morgan fingerprint density at radius 2 is 1.68 bits per heavy atom. The molecule has 40 heavy (non-hydrogen) atoms. The van der Waals surface area contributed by atoms with Gasteiger partial charge in [-0.15, -0.1) is 10.2 Å². The van der Waals surface area contributed by atoms with Crippen molar-refractivity contribution >= 4 is 64.5 Å². The van der Waals surface area contributed by atoms with E-state index < -0.39 is 23.3 Å². The van der Waals surface area contributed by atoms with Gasteiger partial charge in [-0.05, 0) is 17.4 Å². The van der Waals surface area contributed by atoms with Crippen molar-refractivity contribution in [1.82, 2.24) is 25.5 Å². The van der Waals surface area contributed by atoms with Gasteiger partial charge in [0.25, 0.3) is 5.91 Å². The summed E-state index contributed by atoms with van der Waals surface area (Å²) in [6, 6.07) is 6.88. The summed E-state index contributed by atoms with van der Waals surface area (Å²) in [5.74, 6) is 0.534. The maximum atomic E-state index is 13.1. The van der Waals surface area contributed by atoms with Crippen molar-refractivity contribution in [3.05, 3.63) is 42.4 Å². The molecule has 2 fully saturated rings. The number of nitrogens with zero attached hydrogens (tertiary/aromatic N) is 6. The van der Waals surface area contributed by atoms with Crippen LogP contribution in [-0.2, 0) is 9.47 Å². The molecule has 0 spiro atoms. The first-order valence-corrected chi connectivity index (χ1v) is 12.5. The Morgan fingerprint density at radius 1 is 1.00 bits per heavy atom. The number of aromatic nitrogens is 4. The first kappa shape index (κ1) is 26.8. The number of ether oxygens (including phenoxy) is 3. The summed E-state index contributed by atoms with van der Waals surface area (Å²) in [5, 5.41) is 13.8. The minimum atomic E-state index is -0.547. The predicted octanol–water partition coefficient (Wildman–Crippen LogP) is -1.16. The van der Waals surface area contributed by atoms with Gasteiger partial charge < -0.3 is 24.8 Å². The SMILES string of the molecule is BC(B)(B)NC(=O)c1nnc(N2CCOC2=O)cc1Nc1cccc(-c2ncc(N3CCOC3=O)cn2)c1OC.